The van der Waals surface area contributed by atoms with E-state index in [1.165, 1.54) is 0 Å². The molecule has 0 aromatic carbocycles. The fourth-order valence-electron chi connectivity index (χ4n) is 1.21. The van der Waals surface area contributed by atoms with Crippen LogP contribution in [0.5, 0.6) is 0 Å². The number of carboxylic acid groups (broad SMARTS) is 1. The minimum absolute atomic E-state index is 0.107. The fourth-order valence-corrected chi connectivity index (χ4v) is 1.21. The summed E-state index contributed by atoms with van der Waals surface area (Å²) in [5.41, 5.74) is 4.78. The number of aliphatic carboxylic acids is 1. The lowest BCUT2D eigenvalue weighted by molar-refractivity contribution is -0.134. The van der Waals surface area contributed by atoms with Crippen molar-refractivity contribution in [3.8, 4) is 0 Å². The summed E-state index contributed by atoms with van der Waals surface area (Å²) < 4.78 is 5.18. The van der Waals surface area contributed by atoms with Gasteiger partial charge in [-0.05, 0) is 0 Å². The smallest absolute Gasteiger partial charge is 0.334 e. The van der Waals surface area contributed by atoms with E-state index in [9.17, 15) is 9.59 Å². The second kappa shape index (κ2) is 4.73. The fraction of sp³-hybridized carbons (Fsp3) is 0.500. The lowest BCUT2D eigenvalue weighted by Gasteiger charge is -2.23. The Bertz CT molecular complexity index is 269. The predicted octanol–water partition coefficient (Wildman–Crippen LogP) is -1.53. The molecule has 0 aliphatic carbocycles. The van der Waals surface area contributed by atoms with Crippen molar-refractivity contribution in [2.45, 2.75) is 6.10 Å². The maximum atomic E-state index is 10.8. The average Bonchev–Trinajstić information content (AvgIpc) is 2.15. The van der Waals surface area contributed by atoms with Gasteiger partial charge in [-0.3, -0.25) is 4.79 Å². The molecule has 1 aliphatic rings. The monoisotopic (exact) mass is 200 g/mol. The molecule has 1 amide bonds. The van der Waals surface area contributed by atoms with Crippen LogP contribution in [0.1, 0.15) is 0 Å². The van der Waals surface area contributed by atoms with Crippen LogP contribution in [0.25, 0.3) is 0 Å². The topological polar surface area (TPSA) is 102 Å². The molecule has 0 bridgehead atoms. The van der Waals surface area contributed by atoms with Gasteiger partial charge in [0, 0.05) is 19.2 Å². The van der Waals surface area contributed by atoms with Crippen LogP contribution in [-0.2, 0) is 14.3 Å². The zero-order valence-electron chi connectivity index (χ0n) is 7.53. The molecule has 6 heteroatoms. The molecule has 0 aromatic heterocycles. The maximum Gasteiger partial charge on any atom is 0.334 e. The Morgan fingerprint density at radius 3 is 2.71 bits per heavy atom. The molecule has 1 unspecified atom stereocenters. The van der Waals surface area contributed by atoms with Crippen molar-refractivity contribution in [2.75, 3.05) is 19.7 Å². The van der Waals surface area contributed by atoms with Crippen LogP contribution in [0.3, 0.4) is 0 Å². The number of primary amides is 1. The van der Waals surface area contributed by atoms with Crippen molar-refractivity contribution < 1.29 is 19.4 Å². The average molecular weight is 200 g/mol. The van der Waals surface area contributed by atoms with Crippen LogP contribution in [-0.4, -0.2) is 42.8 Å². The summed E-state index contributed by atoms with van der Waals surface area (Å²) >= 11 is 0. The third kappa shape index (κ3) is 2.82. The summed E-state index contributed by atoms with van der Waals surface area (Å²) in [4.78, 5) is 21.3. The molecule has 1 aliphatic heterocycles. The predicted molar refractivity (Wildman–Crippen MR) is 47.5 cm³/mol. The molecular formula is C8H12N2O4. The number of nitrogens with one attached hydrogen (secondary N) is 1. The first-order chi connectivity index (χ1) is 6.61. The van der Waals surface area contributed by atoms with Gasteiger partial charge in [-0.2, -0.15) is 0 Å². The van der Waals surface area contributed by atoms with Crippen molar-refractivity contribution in [1.29, 1.82) is 0 Å². The van der Waals surface area contributed by atoms with Crippen LogP contribution in [0.15, 0.2) is 11.6 Å². The molecule has 0 aromatic rings. The molecule has 1 saturated heterocycles. The van der Waals surface area contributed by atoms with Gasteiger partial charge >= 0.3 is 5.97 Å². The van der Waals surface area contributed by atoms with Gasteiger partial charge < -0.3 is 20.9 Å². The molecule has 1 fully saturated rings. The Labute approximate surface area is 80.7 Å². The molecule has 78 valence electrons. The van der Waals surface area contributed by atoms with Gasteiger partial charge in [0.25, 0.3) is 0 Å². The standard InChI is InChI=1S/C8H12N2O4/c9-7(11)3-5(8(12)13)6-4-10-1-2-14-6/h3,6,10H,1-2,4H2,(H2,9,11)(H,12,13). The SMILES string of the molecule is NC(=O)C=C(C(=O)O)C1CNCCO1. The first-order valence-electron chi connectivity index (χ1n) is 4.18. The third-order valence-electron chi connectivity index (χ3n) is 1.82. The minimum Gasteiger partial charge on any atom is -0.478 e. The van der Waals surface area contributed by atoms with Crippen LogP contribution in [0.2, 0.25) is 0 Å². The van der Waals surface area contributed by atoms with E-state index in [4.69, 9.17) is 15.6 Å². The van der Waals surface area contributed by atoms with E-state index in [0.29, 0.717) is 19.7 Å². The number of carbonyl (C=O) groups excluding carboxylic acids is 1. The summed E-state index contributed by atoms with van der Waals surface area (Å²) in [7, 11) is 0. The highest BCUT2D eigenvalue weighted by Crippen LogP contribution is 2.09. The van der Waals surface area contributed by atoms with Gasteiger partial charge in [-0.1, -0.05) is 0 Å². The molecule has 4 N–H and O–H groups in total. The molecular weight excluding hydrogens is 188 g/mol. The second-order valence-electron chi connectivity index (χ2n) is 2.87. The maximum absolute atomic E-state index is 10.8. The van der Waals surface area contributed by atoms with Crippen molar-refractivity contribution in [3.63, 3.8) is 0 Å². The van der Waals surface area contributed by atoms with Gasteiger partial charge in [0.1, 0.15) is 6.10 Å². The Kier molecular flexibility index (Phi) is 3.61. The van der Waals surface area contributed by atoms with Crippen LogP contribution >= 0.6 is 0 Å². The van der Waals surface area contributed by atoms with E-state index in [1.54, 1.807) is 0 Å². The quantitative estimate of drug-likeness (QED) is 0.480. The van der Waals surface area contributed by atoms with E-state index in [2.05, 4.69) is 5.32 Å². The molecule has 1 rings (SSSR count). The number of carbonyl (C=O) groups is 2. The molecule has 1 heterocycles. The number of nitrogens with two attached hydrogens (primary N) is 1. The summed E-state index contributed by atoms with van der Waals surface area (Å²) in [6.07, 6.45) is 0.286. The number of carboxylic acids is 1. The largest absolute Gasteiger partial charge is 0.478 e. The minimum atomic E-state index is -1.18. The number of hydrogen-bond acceptors (Lipinski definition) is 4. The van der Waals surface area contributed by atoms with E-state index in [-0.39, 0.29) is 5.57 Å². The summed E-state index contributed by atoms with van der Waals surface area (Å²) in [6.45, 7) is 1.49. The van der Waals surface area contributed by atoms with Crippen LogP contribution in [0, 0.1) is 0 Å². The highest BCUT2D eigenvalue weighted by Gasteiger charge is 2.23. The number of rotatable bonds is 3. The Hall–Kier alpha value is -1.40. The Morgan fingerprint density at radius 1 is 1.57 bits per heavy atom. The van der Waals surface area contributed by atoms with Crippen LogP contribution < -0.4 is 11.1 Å². The van der Waals surface area contributed by atoms with E-state index < -0.39 is 18.0 Å². The molecule has 6 nitrogen and oxygen atoms in total. The highest BCUT2D eigenvalue weighted by atomic mass is 16.5. The first-order valence-corrected chi connectivity index (χ1v) is 4.18. The molecule has 0 spiro atoms. The highest BCUT2D eigenvalue weighted by molar-refractivity contribution is 5.97. The summed E-state index contributed by atoms with van der Waals surface area (Å²) in [5, 5.41) is 11.8. The van der Waals surface area contributed by atoms with E-state index in [1.807, 2.05) is 0 Å². The first kappa shape index (κ1) is 10.7. The zero-order chi connectivity index (χ0) is 10.6. The summed E-state index contributed by atoms with van der Waals surface area (Å²) in [6, 6.07) is 0. The molecule has 1 atom stereocenters. The number of morpholine rings is 1. The van der Waals surface area contributed by atoms with E-state index in [0.717, 1.165) is 6.08 Å². The molecule has 0 saturated carbocycles. The lowest BCUT2D eigenvalue weighted by Crippen LogP contribution is -2.41. The van der Waals surface area contributed by atoms with Crippen molar-refractivity contribution >= 4 is 11.9 Å². The second-order valence-corrected chi connectivity index (χ2v) is 2.87. The van der Waals surface area contributed by atoms with Gasteiger partial charge in [0.15, 0.2) is 0 Å². The van der Waals surface area contributed by atoms with E-state index >= 15 is 0 Å². The molecule has 14 heavy (non-hydrogen) atoms. The molecule has 0 radical (unpaired) electrons. The van der Waals surface area contributed by atoms with Crippen molar-refractivity contribution in [3.05, 3.63) is 11.6 Å². The summed E-state index contributed by atoms with van der Waals surface area (Å²) in [5.74, 6) is -1.96. The zero-order valence-corrected chi connectivity index (χ0v) is 7.53. The van der Waals surface area contributed by atoms with Gasteiger partial charge in [-0.25, -0.2) is 4.79 Å². The number of hydrogen-bond donors (Lipinski definition) is 3. The number of ether oxygens (including phenoxy) is 1. The Morgan fingerprint density at radius 2 is 2.29 bits per heavy atom. The van der Waals surface area contributed by atoms with Gasteiger partial charge in [-0.15, -0.1) is 0 Å². The number of amides is 1. The van der Waals surface area contributed by atoms with Crippen molar-refractivity contribution in [1.82, 2.24) is 5.32 Å². The lowest BCUT2D eigenvalue weighted by atomic mass is 10.1. The normalized spacial score (nSPS) is 23.1. The van der Waals surface area contributed by atoms with Crippen molar-refractivity contribution in [2.24, 2.45) is 5.73 Å². The Balaban J connectivity index is 2.76. The third-order valence-corrected chi connectivity index (χ3v) is 1.82. The van der Waals surface area contributed by atoms with Gasteiger partial charge in [0.2, 0.25) is 5.91 Å². The van der Waals surface area contributed by atoms with Gasteiger partial charge in [0.05, 0.1) is 12.2 Å². The van der Waals surface area contributed by atoms with Crippen LogP contribution in [0.4, 0.5) is 0 Å².